The van der Waals surface area contributed by atoms with Gasteiger partial charge in [0.15, 0.2) is 5.16 Å². The molecule has 2 aromatic rings. The molecule has 2 rings (SSSR count). The van der Waals surface area contributed by atoms with Gasteiger partial charge in [0.05, 0.1) is 10.1 Å². The van der Waals surface area contributed by atoms with Gasteiger partial charge in [-0.05, 0) is 37.6 Å². The van der Waals surface area contributed by atoms with Gasteiger partial charge in [-0.1, -0.05) is 31.5 Å². The van der Waals surface area contributed by atoms with Gasteiger partial charge in [0, 0.05) is 12.2 Å². The Morgan fingerprint density at radius 3 is 2.62 bits per heavy atom. The Bertz CT molecular complexity index is 834. The van der Waals surface area contributed by atoms with E-state index in [2.05, 4.69) is 22.4 Å². The van der Waals surface area contributed by atoms with Crippen molar-refractivity contribution in [1.29, 1.82) is 0 Å². The van der Waals surface area contributed by atoms with Gasteiger partial charge in [-0.25, -0.2) is 13.6 Å². The number of primary sulfonamides is 1. The molecule has 1 aromatic carbocycles. The second-order valence-corrected chi connectivity index (χ2v) is 8.70. The molecule has 0 aliphatic heterocycles. The van der Waals surface area contributed by atoms with Crippen LogP contribution in [0.5, 0.6) is 0 Å². The number of hydrogen-bond acceptors (Lipinski definition) is 6. The number of unbranched alkanes of at least 4 members (excludes halogenated alkanes) is 2. The van der Waals surface area contributed by atoms with Gasteiger partial charge in [0.25, 0.3) is 0 Å². The van der Waals surface area contributed by atoms with E-state index in [4.69, 9.17) is 5.14 Å². The first-order valence-electron chi connectivity index (χ1n) is 8.29. The Labute approximate surface area is 157 Å². The molecule has 0 unspecified atom stereocenters. The van der Waals surface area contributed by atoms with Gasteiger partial charge in [-0.15, -0.1) is 10.2 Å². The number of anilines is 1. The molecular formula is C16H23N5O3S2. The van der Waals surface area contributed by atoms with Gasteiger partial charge < -0.3 is 9.88 Å². The van der Waals surface area contributed by atoms with Crippen LogP contribution in [-0.4, -0.2) is 34.3 Å². The summed E-state index contributed by atoms with van der Waals surface area (Å²) in [5.41, 5.74) is 0.499. The highest BCUT2D eigenvalue weighted by molar-refractivity contribution is 8.00. The number of carbonyl (C=O) groups excluding carboxylic acids is 1. The predicted molar refractivity (Wildman–Crippen MR) is 101 cm³/mol. The zero-order valence-electron chi connectivity index (χ0n) is 14.8. The highest BCUT2D eigenvalue weighted by Crippen LogP contribution is 2.23. The lowest BCUT2D eigenvalue weighted by Gasteiger charge is -2.12. The number of amides is 1. The minimum absolute atomic E-state index is 0.00176. The smallest absolute Gasteiger partial charge is 0.238 e. The van der Waals surface area contributed by atoms with Crippen LogP contribution in [0.25, 0.3) is 0 Å². The van der Waals surface area contributed by atoms with E-state index in [9.17, 15) is 13.2 Å². The molecule has 1 aromatic heterocycles. The average Bonchev–Trinajstić information content (AvgIpc) is 3.02. The lowest BCUT2D eigenvalue weighted by molar-refractivity contribution is -0.115. The van der Waals surface area contributed by atoms with E-state index in [1.807, 2.05) is 4.57 Å². The number of rotatable bonds is 9. The summed E-state index contributed by atoms with van der Waals surface area (Å²) >= 11 is 1.33. The average molecular weight is 398 g/mol. The first-order chi connectivity index (χ1) is 12.3. The molecule has 10 heteroatoms. The number of nitrogens with one attached hydrogen (secondary N) is 1. The zero-order chi connectivity index (χ0) is 19.2. The van der Waals surface area contributed by atoms with Gasteiger partial charge in [-0.3, -0.25) is 4.79 Å². The number of thioether (sulfide) groups is 1. The molecule has 0 aliphatic rings. The number of carbonyl (C=O) groups is 1. The first kappa shape index (κ1) is 20.4. The Balaban J connectivity index is 1.95. The Morgan fingerprint density at radius 1 is 1.31 bits per heavy atom. The summed E-state index contributed by atoms with van der Waals surface area (Å²) in [5.74, 6) is -0.207. The predicted octanol–water partition coefficient (Wildman–Crippen LogP) is 2.24. The molecule has 8 nitrogen and oxygen atoms in total. The maximum atomic E-state index is 12.4. The Hall–Kier alpha value is -1.91. The largest absolute Gasteiger partial charge is 0.325 e. The first-order valence-corrected chi connectivity index (χ1v) is 10.7. The maximum Gasteiger partial charge on any atom is 0.238 e. The van der Waals surface area contributed by atoms with Crippen LogP contribution in [0.3, 0.4) is 0 Å². The Morgan fingerprint density at radius 2 is 2.00 bits per heavy atom. The molecule has 1 heterocycles. The second kappa shape index (κ2) is 9.15. The quantitative estimate of drug-likeness (QED) is 0.494. The monoisotopic (exact) mass is 397 g/mol. The van der Waals surface area contributed by atoms with Crippen molar-refractivity contribution in [3.8, 4) is 0 Å². The third-order valence-corrected chi connectivity index (χ3v) is 5.71. The fraction of sp³-hybridized carbons (Fsp3) is 0.438. The van der Waals surface area contributed by atoms with Crippen molar-refractivity contribution in [1.82, 2.24) is 14.8 Å². The molecule has 0 spiro atoms. The zero-order valence-corrected chi connectivity index (χ0v) is 16.4. The molecule has 0 aliphatic carbocycles. The van der Waals surface area contributed by atoms with Crippen molar-refractivity contribution in [2.75, 3.05) is 5.32 Å². The van der Waals surface area contributed by atoms with Gasteiger partial charge in [0.2, 0.25) is 15.9 Å². The number of benzene rings is 1. The highest BCUT2D eigenvalue weighted by atomic mass is 32.2. The van der Waals surface area contributed by atoms with Gasteiger partial charge in [0.1, 0.15) is 6.33 Å². The molecule has 0 radical (unpaired) electrons. The minimum atomic E-state index is -3.75. The molecule has 3 N–H and O–H groups in total. The van der Waals surface area contributed by atoms with Crippen molar-refractivity contribution in [2.45, 2.75) is 55.0 Å². The number of nitrogens with zero attached hydrogens (tertiary/aromatic N) is 3. The summed E-state index contributed by atoms with van der Waals surface area (Å²) in [6.45, 7) is 4.75. The SMILES string of the molecule is CCCCCn1cnnc1S[C@@H](C)C(=O)Nc1ccc(S(N)(=O)=O)cc1. The molecule has 1 atom stereocenters. The van der Waals surface area contributed by atoms with E-state index in [0.717, 1.165) is 25.8 Å². The molecule has 142 valence electrons. The summed E-state index contributed by atoms with van der Waals surface area (Å²) < 4.78 is 24.5. The van der Waals surface area contributed by atoms with E-state index in [1.54, 1.807) is 13.3 Å². The summed E-state index contributed by atoms with van der Waals surface area (Å²) in [5, 5.41) is 16.1. The molecule has 0 saturated carbocycles. The third kappa shape index (κ3) is 5.82. The molecule has 26 heavy (non-hydrogen) atoms. The topological polar surface area (TPSA) is 120 Å². The van der Waals surface area contributed by atoms with Gasteiger partial charge >= 0.3 is 0 Å². The van der Waals surface area contributed by atoms with Gasteiger partial charge in [-0.2, -0.15) is 0 Å². The van der Waals surface area contributed by atoms with E-state index < -0.39 is 10.0 Å². The summed E-state index contributed by atoms with van der Waals surface area (Å²) in [7, 11) is -3.75. The Kier molecular flexibility index (Phi) is 7.18. The molecule has 0 bridgehead atoms. The van der Waals surface area contributed by atoms with Crippen LogP contribution in [0, 0.1) is 0 Å². The van der Waals surface area contributed by atoms with Crippen molar-refractivity contribution in [3.05, 3.63) is 30.6 Å². The molecular weight excluding hydrogens is 374 g/mol. The van der Waals surface area contributed by atoms with E-state index in [0.29, 0.717) is 10.8 Å². The van der Waals surface area contributed by atoms with Crippen LogP contribution < -0.4 is 10.5 Å². The summed E-state index contributed by atoms with van der Waals surface area (Å²) in [6.07, 6.45) is 4.98. The van der Waals surface area contributed by atoms with Crippen molar-refractivity contribution >= 4 is 33.4 Å². The standard InChI is InChI=1S/C16H23N5O3S2/c1-3-4-5-10-21-11-18-20-16(21)25-12(2)15(22)19-13-6-8-14(9-7-13)26(17,23)24/h6-9,11-12H,3-5,10H2,1-2H3,(H,19,22)(H2,17,23,24)/t12-/m0/s1. The van der Waals surface area contributed by atoms with Crippen LogP contribution in [0.15, 0.2) is 40.6 Å². The number of hydrogen-bond donors (Lipinski definition) is 2. The van der Waals surface area contributed by atoms with E-state index >= 15 is 0 Å². The van der Waals surface area contributed by atoms with Crippen LogP contribution in [0.1, 0.15) is 33.1 Å². The van der Waals surface area contributed by atoms with Crippen LogP contribution >= 0.6 is 11.8 Å². The summed E-state index contributed by atoms with van der Waals surface area (Å²) in [6, 6.07) is 5.71. The summed E-state index contributed by atoms with van der Waals surface area (Å²) in [4.78, 5) is 12.4. The fourth-order valence-corrected chi connectivity index (χ4v) is 3.57. The van der Waals surface area contributed by atoms with Crippen molar-refractivity contribution < 1.29 is 13.2 Å². The molecule has 0 saturated heterocycles. The lowest BCUT2D eigenvalue weighted by Crippen LogP contribution is -2.23. The number of nitrogens with two attached hydrogens (primary N) is 1. The second-order valence-electron chi connectivity index (χ2n) is 5.83. The van der Waals surface area contributed by atoms with Crippen LogP contribution in [-0.2, 0) is 21.4 Å². The number of aromatic nitrogens is 3. The maximum absolute atomic E-state index is 12.4. The lowest BCUT2D eigenvalue weighted by atomic mass is 10.2. The normalized spacial score (nSPS) is 12.7. The van der Waals surface area contributed by atoms with E-state index in [-0.39, 0.29) is 16.1 Å². The highest BCUT2D eigenvalue weighted by Gasteiger charge is 2.18. The number of sulfonamides is 1. The fourth-order valence-electron chi connectivity index (χ4n) is 2.20. The van der Waals surface area contributed by atoms with Crippen molar-refractivity contribution in [2.24, 2.45) is 5.14 Å². The van der Waals surface area contributed by atoms with Crippen molar-refractivity contribution in [3.63, 3.8) is 0 Å². The van der Waals surface area contributed by atoms with Crippen LogP contribution in [0.2, 0.25) is 0 Å². The minimum Gasteiger partial charge on any atom is -0.325 e. The number of aryl methyl sites for hydroxylation is 1. The molecule has 0 fully saturated rings. The van der Waals surface area contributed by atoms with E-state index in [1.165, 1.54) is 36.0 Å². The molecule has 1 amide bonds. The van der Waals surface area contributed by atoms with Crippen LogP contribution in [0.4, 0.5) is 5.69 Å². The third-order valence-electron chi connectivity index (χ3n) is 3.68.